The van der Waals surface area contributed by atoms with E-state index in [1.807, 2.05) is 4.90 Å². The van der Waals surface area contributed by atoms with Gasteiger partial charge in [0.05, 0.1) is 6.61 Å². The molecule has 0 radical (unpaired) electrons. The molecule has 1 N–H and O–H groups in total. The molecule has 86 valence electrons. The molecule has 0 aromatic rings. The van der Waals surface area contributed by atoms with Gasteiger partial charge in [0.25, 0.3) is 0 Å². The molecule has 4 nitrogen and oxygen atoms in total. The van der Waals surface area contributed by atoms with Gasteiger partial charge in [-0.2, -0.15) is 0 Å². The highest BCUT2D eigenvalue weighted by Gasteiger charge is 2.21. The zero-order valence-electron chi connectivity index (χ0n) is 9.21. The SMILES string of the molecule is O=C(OCC1CCNCC1)N1CCCC1. The molecule has 0 atom stereocenters. The second-order valence-corrected chi connectivity index (χ2v) is 4.46. The Bertz CT molecular complexity index is 209. The zero-order chi connectivity index (χ0) is 10.5. The molecule has 15 heavy (non-hydrogen) atoms. The number of nitrogens with one attached hydrogen (secondary N) is 1. The van der Waals surface area contributed by atoms with Crippen LogP contribution in [-0.4, -0.2) is 43.8 Å². The molecule has 0 spiro atoms. The summed E-state index contributed by atoms with van der Waals surface area (Å²) in [5, 5.41) is 3.31. The van der Waals surface area contributed by atoms with Gasteiger partial charge in [-0.25, -0.2) is 4.79 Å². The number of amides is 1. The summed E-state index contributed by atoms with van der Waals surface area (Å²) in [5.74, 6) is 0.567. The minimum absolute atomic E-state index is 0.106. The number of hydrogen-bond acceptors (Lipinski definition) is 3. The third-order valence-corrected chi connectivity index (χ3v) is 3.27. The number of carbonyl (C=O) groups excluding carboxylic acids is 1. The van der Waals surface area contributed by atoms with Crippen LogP contribution in [0.15, 0.2) is 0 Å². The molecule has 1 amide bonds. The Kier molecular flexibility index (Phi) is 3.83. The van der Waals surface area contributed by atoms with Crippen molar-refractivity contribution in [3.63, 3.8) is 0 Å². The fourth-order valence-corrected chi connectivity index (χ4v) is 2.23. The molecule has 2 aliphatic heterocycles. The molecular weight excluding hydrogens is 192 g/mol. The third kappa shape index (κ3) is 3.09. The van der Waals surface area contributed by atoms with Crippen molar-refractivity contribution < 1.29 is 9.53 Å². The van der Waals surface area contributed by atoms with E-state index in [-0.39, 0.29) is 6.09 Å². The monoisotopic (exact) mass is 212 g/mol. The van der Waals surface area contributed by atoms with Crippen LogP contribution in [0.2, 0.25) is 0 Å². The van der Waals surface area contributed by atoms with Crippen LogP contribution in [0.5, 0.6) is 0 Å². The van der Waals surface area contributed by atoms with Crippen molar-refractivity contribution in [1.82, 2.24) is 10.2 Å². The molecule has 0 aromatic heterocycles. The van der Waals surface area contributed by atoms with Gasteiger partial charge in [-0.1, -0.05) is 0 Å². The van der Waals surface area contributed by atoms with E-state index in [4.69, 9.17) is 4.74 Å². The zero-order valence-corrected chi connectivity index (χ0v) is 9.21. The number of piperidine rings is 1. The van der Waals surface area contributed by atoms with Crippen molar-refractivity contribution >= 4 is 6.09 Å². The first-order valence-corrected chi connectivity index (χ1v) is 5.98. The van der Waals surface area contributed by atoms with Gasteiger partial charge in [0.1, 0.15) is 0 Å². The second-order valence-electron chi connectivity index (χ2n) is 4.46. The van der Waals surface area contributed by atoms with Gasteiger partial charge in [-0.3, -0.25) is 0 Å². The van der Waals surface area contributed by atoms with Crippen molar-refractivity contribution in [3.05, 3.63) is 0 Å². The first kappa shape index (κ1) is 10.7. The van der Waals surface area contributed by atoms with Gasteiger partial charge in [-0.05, 0) is 44.7 Å². The topological polar surface area (TPSA) is 41.6 Å². The van der Waals surface area contributed by atoms with Gasteiger partial charge >= 0.3 is 6.09 Å². The van der Waals surface area contributed by atoms with Gasteiger partial charge in [0.2, 0.25) is 0 Å². The highest BCUT2D eigenvalue weighted by Crippen LogP contribution is 2.14. The summed E-state index contributed by atoms with van der Waals surface area (Å²) < 4.78 is 5.32. The first-order valence-electron chi connectivity index (χ1n) is 5.98. The number of carbonyl (C=O) groups is 1. The van der Waals surface area contributed by atoms with Crippen LogP contribution in [0, 0.1) is 5.92 Å². The van der Waals surface area contributed by atoms with E-state index in [9.17, 15) is 4.79 Å². The Morgan fingerprint density at radius 2 is 1.93 bits per heavy atom. The normalized spacial score (nSPS) is 23.1. The summed E-state index contributed by atoms with van der Waals surface area (Å²) in [6.45, 7) is 4.49. The van der Waals surface area contributed by atoms with E-state index in [0.29, 0.717) is 12.5 Å². The average molecular weight is 212 g/mol. The molecule has 0 aromatic carbocycles. The van der Waals surface area contributed by atoms with E-state index in [1.54, 1.807) is 0 Å². The number of likely N-dealkylation sites (tertiary alicyclic amines) is 1. The minimum atomic E-state index is -0.106. The van der Waals surface area contributed by atoms with E-state index in [0.717, 1.165) is 51.9 Å². The number of ether oxygens (including phenoxy) is 1. The number of hydrogen-bond donors (Lipinski definition) is 1. The lowest BCUT2D eigenvalue weighted by Gasteiger charge is -2.23. The van der Waals surface area contributed by atoms with Crippen LogP contribution >= 0.6 is 0 Å². The molecule has 2 rings (SSSR count). The summed E-state index contributed by atoms with van der Waals surface area (Å²) in [4.78, 5) is 13.4. The molecule has 2 heterocycles. The van der Waals surface area contributed by atoms with Crippen LogP contribution < -0.4 is 5.32 Å². The quantitative estimate of drug-likeness (QED) is 0.748. The van der Waals surface area contributed by atoms with E-state index in [1.165, 1.54) is 0 Å². The van der Waals surface area contributed by atoms with Crippen LogP contribution in [0.4, 0.5) is 4.79 Å². The van der Waals surface area contributed by atoms with Crippen molar-refractivity contribution in [1.29, 1.82) is 0 Å². The van der Waals surface area contributed by atoms with Crippen molar-refractivity contribution in [2.75, 3.05) is 32.8 Å². The Hall–Kier alpha value is -0.770. The second kappa shape index (κ2) is 5.35. The standard InChI is InChI=1S/C11H20N2O2/c14-11(13-7-1-2-8-13)15-9-10-3-5-12-6-4-10/h10,12H,1-9H2. The Labute approximate surface area is 91.0 Å². The maximum atomic E-state index is 11.6. The van der Waals surface area contributed by atoms with Crippen molar-refractivity contribution in [2.24, 2.45) is 5.92 Å². The van der Waals surface area contributed by atoms with Crippen molar-refractivity contribution in [3.8, 4) is 0 Å². The van der Waals surface area contributed by atoms with E-state index in [2.05, 4.69) is 5.32 Å². The van der Waals surface area contributed by atoms with Crippen LogP contribution in [0.3, 0.4) is 0 Å². The molecule has 0 saturated carbocycles. The fraction of sp³-hybridized carbons (Fsp3) is 0.909. The molecule has 0 unspecified atom stereocenters. The molecular formula is C11H20N2O2. The van der Waals surface area contributed by atoms with Gasteiger partial charge in [0.15, 0.2) is 0 Å². The average Bonchev–Trinajstić information content (AvgIpc) is 2.81. The number of rotatable bonds is 2. The predicted octanol–water partition coefficient (Wildman–Crippen LogP) is 1.22. The maximum absolute atomic E-state index is 11.6. The largest absolute Gasteiger partial charge is 0.449 e. The summed E-state index contributed by atoms with van der Waals surface area (Å²) in [6.07, 6.45) is 4.41. The summed E-state index contributed by atoms with van der Waals surface area (Å²) >= 11 is 0. The molecule has 2 aliphatic rings. The minimum Gasteiger partial charge on any atom is -0.449 e. The highest BCUT2D eigenvalue weighted by molar-refractivity contribution is 5.67. The van der Waals surface area contributed by atoms with Gasteiger partial charge in [-0.15, -0.1) is 0 Å². The predicted molar refractivity (Wildman–Crippen MR) is 57.7 cm³/mol. The van der Waals surface area contributed by atoms with Crippen LogP contribution in [0.1, 0.15) is 25.7 Å². The summed E-state index contributed by atoms with van der Waals surface area (Å²) in [7, 11) is 0. The van der Waals surface area contributed by atoms with Crippen molar-refractivity contribution in [2.45, 2.75) is 25.7 Å². The first-order chi connectivity index (χ1) is 7.36. The third-order valence-electron chi connectivity index (χ3n) is 3.27. The Balaban J connectivity index is 1.65. The Morgan fingerprint density at radius 3 is 2.60 bits per heavy atom. The molecule has 0 aliphatic carbocycles. The van der Waals surface area contributed by atoms with E-state index < -0.39 is 0 Å². The lowest BCUT2D eigenvalue weighted by molar-refractivity contribution is 0.0883. The summed E-state index contributed by atoms with van der Waals surface area (Å²) in [6, 6.07) is 0. The van der Waals surface area contributed by atoms with Gasteiger partial charge in [0, 0.05) is 13.1 Å². The fourth-order valence-electron chi connectivity index (χ4n) is 2.23. The molecule has 4 heteroatoms. The van der Waals surface area contributed by atoms with Crippen LogP contribution in [0.25, 0.3) is 0 Å². The van der Waals surface area contributed by atoms with Gasteiger partial charge < -0.3 is 15.0 Å². The lowest BCUT2D eigenvalue weighted by atomic mass is 9.99. The van der Waals surface area contributed by atoms with E-state index >= 15 is 0 Å². The smallest absolute Gasteiger partial charge is 0.409 e. The molecule has 2 saturated heterocycles. The Morgan fingerprint density at radius 1 is 1.27 bits per heavy atom. The highest BCUT2D eigenvalue weighted by atomic mass is 16.6. The summed E-state index contributed by atoms with van der Waals surface area (Å²) in [5.41, 5.74) is 0. The molecule has 0 bridgehead atoms. The van der Waals surface area contributed by atoms with Crippen LogP contribution in [-0.2, 0) is 4.74 Å². The lowest BCUT2D eigenvalue weighted by Crippen LogP contribution is -2.33. The maximum Gasteiger partial charge on any atom is 0.409 e. The molecule has 2 fully saturated rings. The number of nitrogens with zero attached hydrogens (tertiary/aromatic N) is 1.